The summed E-state index contributed by atoms with van der Waals surface area (Å²) in [5.74, 6) is 0.634. The molecule has 0 aliphatic carbocycles. The van der Waals surface area contributed by atoms with Crippen molar-refractivity contribution in [2.24, 2.45) is 5.92 Å². The molecule has 2 heterocycles. The van der Waals surface area contributed by atoms with Crippen LogP contribution in [0, 0.1) is 23.0 Å². The largest absolute Gasteiger partial charge is 0.364 e. The van der Waals surface area contributed by atoms with Crippen LogP contribution in [0.15, 0.2) is 18.2 Å². The summed E-state index contributed by atoms with van der Waals surface area (Å²) in [4.78, 5) is 13.1. The third-order valence-electron chi connectivity index (χ3n) is 4.27. The molecule has 0 saturated carbocycles. The van der Waals surface area contributed by atoms with Crippen molar-refractivity contribution in [1.29, 1.82) is 0 Å². The van der Waals surface area contributed by atoms with Gasteiger partial charge in [0.2, 0.25) is 0 Å². The lowest BCUT2D eigenvalue weighted by Gasteiger charge is -2.24. The minimum absolute atomic E-state index is 0.235. The Balaban J connectivity index is 1.88. The molecule has 0 aromatic heterocycles. The van der Waals surface area contributed by atoms with E-state index in [0.29, 0.717) is 12.0 Å². The highest BCUT2D eigenvalue weighted by molar-refractivity contribution is 5.65. The lowest BCUT2D eigenvalue weighted by Crippen LogP contribution is -2.40. The van der Waals surface area contributed by atoms with Gasteiger partial charge in [-0.3, -0.25) is 10.1 Å². The maximum Gasteiger partial charge on any atom is 0.292 e. The summed E-state index contributed by atoms with van der Waals surface area (Å²) in [5.41, 5.74) is 1.94. The number of aryl methyl sites for hydroxylation is 1. The summed E-state index contributed by atoms with van der Waals surface area (Å²) in [5, 5.41) is 14.7. The smallest absolute Gasteiger partial charge is 0.292 e. The molecule has 2 saturated heterocycles. The van der Waals surface area contributed by atoms with E-state index < -0.39 is 0 Å². The molecule has 5 nitrogen and oxygen atoms in total. The topological polar surface area (TPSA) is 58.4 Å². The quantitative estimate of drug-likeness (QED) is 0.654. The summed E-state index contributed by atoms with van der Waals surface area (Å²) >= 11 is 0. The van der Waals surface area contributed by atoms with Crippen LogP contribution >= 0.6 is 0 Å². The predicted molar refractivity (Wildman–Crippen MR) is 74.6 cm³/mol. The molecule has 0 unspecified atom stereocenters. The highest BCUT2D eigenvalue weighted by Gasteiger charge is 2.36. The van der Waals surface area contributed by atoms with Crippen LogP contribution in [0.4, 0.5) is 11.4 Å². The summed E-state index contributed by atoms with van der Waals surface area (Å²) in [6.45, 7) is 4.78. The molecule has 0 radical (unpaired) electrons. The van der Waals surface area contributed by atoms with Crippen molar-refractivity contribution in [2.45, 2.75) is 25.8 Å². The number of nitro benzene ring substituents is 1. The Morgan fingerprint density at radius 2 is 2.26 bits per heavy atom. The normalized spacial score (nSPS) is 26.3. The minimum Gasteiger partial charge on any atom is -0.364 e. The fourth-order valence-corrected chi connectivity index (χ4v) is 3.29. The van der Waals surface area contributed by atoms with Crippen LogP contribution < -0.4 is 10.2 Å². The summed E-state index contributed by atoms with van der Waals surface area (Å²) in [6.07, 6.45) is 2.44. The van der Waals surface area contributed by atoms with Gasteiger partial charge in [-0.25, -0.2) is 0 Å². The molecule has 2 fully saturated rings. The summed E-state index contributed by atoms with van der Waals surface area (Å²) in [6, 6.07) is 6.02. The number of nitrogens with zero attached hydrogens (tertiary/aromatic N) is 2. The van der Waals surface area contributed by atoms with Crippen molar-refractivity contribution < 1.29 is 4.92 Å². The highest BCUT2D eigenvalue weighted by Crippen LogP contribution is 2.35. The van der Waals surface area contributed by atoms with Crippen LogP contribution in [-0.2, 0) is 0 Å². The molecule has 1 N–H and O–H groups in total. The maximum atomic E-state index is 11.2. The fraction of sp³-hybridized carbons (Fsp3) is 0.571. The van der Waals surface area contributed by atoms with Gasteiger partial charge in [0.15, 0.2) is 0 Å². The van der Waals surface area contributed by atoms with Gasteiger partial charge in [-0.15, -0.1) is 0 Å². The van der Waals surface area contributed by atoms with Crippen LogP contribution in [0.2, 0.25) is 0 Å². The summed E-state index contributed by atoms with van der Waals surface area (Å²) < 4.78 is 0. The zero-order valence-corrected chi connectivity index (χ0v) is 11.1. The molecule has 3 rings (SSSR count). The lowest BCUT2D eigenvalue weighted by atomic mass is 9.94. The van der Waals surface area contributed by atoms with E-state index in [1.54, 1.807) is 6.07 Å². The van der Waals surface area contributed by atoms with Gasteiger partial charge in [0.1, 0.15) is 5.69 Å². The monoisotopic (exact) mass is 261 g/mol. The van der Waals surface area contributed by atoms with Crippen LogP contribution in [0.25, 0.3) is 0 Å². The molecule has 102 valence electrons. The molecule has 0 bridgehead atoms. The van der Waals surface area contributed by atoms with E-state index in [0.717, 1.165) is 30.9 Å². The Labute approximate surface area is 112 Å². The van der Waals surface area contributed by atoms with Gasteiger partial charge in [-0.2, -0.15) is 0 Å². The van der Waals surface area contributed by atoms with Crippen LogP contribution in [0.3, 0.4) is 0 Å². The van der Waals surface area contributed by atoms with Gasteiger partial charge in [-0.05, 0) is 43.9 Å². The molecular formula is C14H19N3O2. The van der Waals surface area contributed by atoms with E-state index in [2.05, 4.69) is 10.2 Å². The third-order valence-corrected chi connectivity index (χ3v) is 4.27. The minimum atomic E-state index is -0.266. The highest BCUT2D eigenvalue weighted by atomic mass is 16.6. The number of fused-ring (bicyclic) bond motifs is 1. The van der Waals surface area contributed by atoms with E-state index in [-0.39, 0.29) is 10.6 Å². The standard InChI is InChI=1S/C14H19N3O2/c1-10-4-5-13(14(7-10)17(18)19)16-8-11-3-2-6-15-12(11)9-16/h4-5,7,11-12,15H,2-3,6,8-9H2,1H3/t11-,12+/m0/s1. The van der Waals surface area contributed by atoms with Crippen molar-refractivity contribution in [1.82, 2.24) is 5.32 Å². The van der Waals surface area contributed by atoms with E-state index in [4.69, 9.17) is 0 Å². The molecule has 1 aromatic carbocycles. The number of rotatable bonds is 2. The van der Waals surface area contributed by atoms with Crippen LogP contribution in [0.5, 0.6) is 0 Å². The van der Waals surface area contributed by atoms with Gasteiger partial charge in [0.05, 0.1) is 4.92 Å². The first kappa shape index (κ1) is 12.4. The molecule has 5 heteroatoms. The Bertz CT molecular complexity index is 489. The SMILES string of the molecule is Cc1ccc(N2C[C@@H]3CCCN[C@@H]3C2)c([N+](=O)[O-])c1. The van der Waals surface area contributed by atoms with Gasteiger partial charge < -0.3 is 10.2 Å². The molecule has 2 aliphatic rings. The van der Waals surface area contributed by atoms with Gasteiger partial charge in [0, 0.05) is 25.2 Å². The second-order valence-electron chi connectivity index (χ2n) is 5.62. The average Bonchev–Trinajstić information content (AvgIpc) is 2.82. The van der Waals surface area contributed by atoms with Crippen molar-refractivity contribution >= 4 is 11.4 Å². The number of hydrogen-bond donors (Lipinski definition) is 1. The van der Waals surface area contributed by atoms with E-state index in [1.807, 2.05) is 19.1 Å². The predicted octanol–water partition coefficient (Wildman–Crippen LogP) is 2.09. The van der Waals surface area contributed by atoms with Crippen molar-refractivity contribution in [3.05, 3.63) is 33.9 Å². The molecular weight excluding hydrogens is 242 g/mol. The second-order valence-corrected chi connectivity index (χ2v) is 5.62. The molecule has 2 aliphatic heterocycles. The van der Waals surface area contributed by atoms with Crippen LogP contribution in [-0.4, -0.2) is 30.6 Å². The average molecular weight is 261 g/mol. The number of anilines is 1. The Morgan fingerprint density at radius 3 is 3.00 bits per heavy atom. The molecule has 0 spiro atoms. The van der Waals surface area contributed by atoms with Gasteiger partial charge in [0.25, 0.3) is 5.69 Å². The first-order valence-electron chi connectivity index (χ1n) is 6.88. The fourth-order valence-electron chi connectivity index (χ4n) is 3.29. The maximum absolute atomic E-state index is 11.2. The number of hydrogen-bond acceptors (Lipinski definition) is 4. The van der Waals surface area contributed by atoms with E-state index in [9.17, 15) is 10.1 Å². The van der Waals surface area contributed by atoms with Crippen molar-refractivity contribution in [3.8, 4) is 0 Å². The first-order valence-corrected chi connectivity index (χ1v) is 6.88. The van der Waals surface area contributed by atoms with Crippen molar-refractivity contribution in [3.63, 3.8) is 0 Å². The van der Waals surface area contributed by atoms with Crippen molar-refractivity contribution in [2.75, 3.05) is 24.5 Å². The lowest BCUT2D eigenvalue weighted by molar-refractivity contribution is -0.384. The van der Waals surface area contributed by atoms with Crippen LogP contribution in [0.1, 0.15) is 18.4 Å². The zero-order chi connectivity index (χ0) is 13.4. The Hall–Kier alpha value is -1.62. The number of nitrogens with one attached hydrogen (secondary N) is 1. The van der Waals surface area contributed by atoms with E-state index >= 15 is 0 Å². The van der Waals surface area contributed by atoms with Gasteiger partial charge in [-0.1, -0.05) is 6.07 Å². The molecule has 2 atom stereocenters. The first-order chi connectivity index (χ1) is 9.15. The zero-order valence-electron chi connectivity index (χ0n) is 11.1. The molecule has 19 heavy (non-hydrogen) atoms. The Kier molecular flexibility index (Phi) is 3.14. The number of nitro groups is 1. The number of piperidine rings is 1. The molecule has 0 amide bonds. The number of benzene rings is 1. The van der Waals surface area contributed by atoms with E-state index in [1.165, 1.54) is 12.8 Å². The Morgan fingerprint density at radius 1 is 1.42 bits per heavy atom. The third kappa shape index (κ3) is 2.30. The molecule has 1 aromatic rings. The summed E-state index contributed by atoms with van der Waals surface area (Å²) in [7, 11) is 0. The van der Waals surface area contributed by atoms with Gasteiger partial charge >= 0.3 is 0 Å². The second kappa shape index (κ2) is 4.81.